The number of ether oxygens (including phenoxy) is 1. The largest absolute Gasteiger partial charge is 0.464 e. The van der Waals surface area contributed by atoms with Crippen molar-refractivity contribution in [2.24, 2.45) is 5.92 Å². The lowest BCUT2D eigenvalue weighted by Gasteiger charge is -2.34. The predicted octanol–water partition coefficient (Wildman–Crippen LogP) is 2.05. The van der Waals surface area contributed by atoms with Crippen LogP contribution in [0.25, 0.3) is 0 Å². The molecule has 6 heteroatoms. The molecule has 0 unspecified atom stereocenters. The van der Waals surface area contributed by atoms with Gasteiger partial charge in [0.25, 0.3) is 0 Å². The minimum Gasteiger partial charge on any atom is -0.464 e. The smallest absolute Gasteiger partial charge is 0.223 e. The summed E-state index contributed by atoms with van der Waals surface area (Å²) >= 11 is 0. The van der Waals surface area contributed by atoms with Crippen LogP contribution in [0.5, 0.6) is 0 Å². The van der Waals surface area contributed by atoms with Crippen LogP contribution in [0.3, 0.4) is 0 Å². The van der Waals surface area contributed by atoms with Crippen molar-refractivity contribution in [1.29, 1.82) is 0 Å². The van der Waals surface area contributed by atoms with Gasteiger partial charge in [-0.05, 0) is 31.4 Å². The number of hydrogen-bond acceptors (Lipinski definition) is 4. The lowest BCUT2D eigenvalue weighted by molar-refractivity contribution is -0.141. The molecule has 24 heavy (non-hydrogen) atoms. The molecule has 132 valence electrons. The highest BCUT2D eigenvalue weighted by molar-refractivity contribution is 5.81. The summed E-state index contributed by atoms with van der Waals surface area (Å²) in [5.41, 5.74) is 0. The van der Waals surface area contributed by atoms with Gasteiger partial charge in [-0.3, -0.25) is 9.59 Å². The molecule has 2 heterocycles. The number of nitrogens with zero attached hydrogens (tertiary/aromatic N) is 1. The highest BCUT2D eigenvalue weighted by Crippen LogP contribution is 2.29. The number of furan rings is 1. The van der Waals surface area contributed by atoms with Crippen LogP contribution < -0.4 is 5.32 Å². The number of aryl methyl sites for hydroxylation is 1. The first-order valence-corrected chi connectivity index (χ1v) is 8.92. The fraction of sp³-hybridized carbons (Fsp3) is 0.667. The molecule has 1 saturated heterocycles. The van der Waals surface area contributed by atoms with Gasteiger partial charge in [-0.2, -0.15) is 0 Å². The third-order valence-electron chi connectivity index (χ3n) is 4.62. The van der Waals surface area contributed by atoms with Gasteiger partial charge in [-0.25, -0.2) is 0 Å². The number of hydrogen-bond donors (Lipinski definition) is 1. The Morgan fingerprint density at radius 2 is 2.17 bits per heavy atom. The Bertz CT molecular complexity index is 579. The van der Waals surface area contributed by atoms with Crippen molar-refractivity contribution in [3.63, 3.8) is 0 Å². The molecule has 1 aromatic rings. The molecule has 1 atom stereocenters. The molecule has 2 amide bonds. The maximum atomic E-state index is 12.6. The first-order chi connectivity index (χ1) is 11.7. The fourth-order valence-corrected chi connectivity index (χ4v) is 2.99. The minimum absolute atomic E-state index is 0.0958. The molecule has 3 rings (SSSR count). The van der Waals surface area contributed by atoms with E-state index in [4.69, 9.17) is 9.15 Å². The molecule has 6 nitrogen and oxygen atoms in total. The van der Waals surface area contributed by atoms with Crippen molar-refractivity contribution in [1.82, 2.24) is 10.2 Å². The van der Waals surface area contributed by atoms with Gasteiger partial charge in [0.15, 0.2) is 0 Å². The van der Waals surface area contributed by atoms with Gasteiger partial charge in [-0.1, -0.05) is 6.92 Å². The highest BCUT2D eigenvalue weighted by Gasteiger charge is 2.31. The van der Waals surface area contributed by atoms with Gasteiger partial charge in [0, 0.05) is 31.8 Å². The molecule has 1 aliphatic heterocycles. The maximum Gasteiger partial charge on any atom is 0.223 e. The van der Waals surface area contributed by atoms with Crippen molar-refractivity contribution in [2.45, 2.75) is 45.1 Å². The van der Waals surface area contributed by atoms with Gasteiger partial charge in [-0.15, -0.1) is 0 Å². The SMILES string of the molecule is CCc1ccc([C@@H]2COCCN2C(=O)CCCNC(=O)C2CC2)o1. The second-order valence-electron chi connectivity index (χ2n) is 6.50. The summed E-state index contributed by atoms with van der Waals surface area (Å²) in [6.07, 6.45) is 3.94. The molecule has 1 aromatic heterocycles. The van der Waals surface area contributed by atoms with Crippen LogP contribution in [-0.4, -0.2) is 43.0 Å². The molecule has 0 bridgehead atoms. The van der Waals surface area contributed by atoms with Gasteiger partial charge < -0.3 is 19.4 Å². The molecule has 1 aliphatic carbocycles. The van der Waals surface area contributed by atoms with Gasteiger partial charge in [0.2, 0.25) is 11.8 Å². The van der Waals surface area contributed by atoms with Crippen molar-refractivity contribution in [3.05, 3.63) is 23.7 Å². The molecule has 0 aromatic carbocycles. The summed E-state index contributed by atoms with van der Waals surface area (Å²) in [4.78, 5) is 26.0. The molecule has 0 radical (unpaired) electrons. The molecular formula is C18H26N2O4. The van der Waals surface area contributed by atoms with E-state index in [9.17, 15) is 9.59 Å². The summed E-state index contributed by atoms with van der Waals surface area (Å²) in [6, 6.07) is 3.75. The topological polar surface area (TPSA) is 71.8 Å². The second-order valence-corrected chi connectivity index (χ2v) is 6.50. The van der Waals surface area contributed by atoms with E-state index >= 15 is 0 Å². The molecule has 2 aliphatic rings. The molecule has 2 fully saturated rings. The Hall–Kier alpha value is -1.82. The Kier molecular flexibility index (Phi) is 5.56. The highest BCUT2D eigenvalue weighted by atomic mass is 16.5. The summed E-state index contributed by atoms with van der Waals surface area (Å²) in [6.45, 7) is 4.22. The van der Waals surface area contributed by atoms with E-state index in [1.165, 1.54) is 0 Å². The molecular weight excluding hydrogens is 308 g/mol. The quantitative estimate of drug-likeness (QED) is 0.775. The summed E-state index contributed by atoms with van der Waals surface area (Å²) in [5.74, 6) is 2.16. The zero-order chi connectivity index (χ0) is 16.9. The van der Waals surface area contributed by atoms with E-state index in [0.717, 1.165) is 30.8 Å². The Balaban J connectivity index is 1.50. The van der Waals surface area contributed by atoms with Gasteiger partial charge >= 0.3 is 0 Å². The number of carbonyl (C=O) groups is 2. The van der Waals surface area contributed by atoms with Crippen LogP contribution in [0.15, 0.2) is 16.5 Å². The van der Waals surface area contributed by atoms with Crippen molar-refractivity contribution >= 4 is 11.8 Å². The van der Waals surface area contributed by atoms with Crippen LogP contribution in [-0.2, 0) is 20.7 Å². The van der Waals surface area contributed by atoms with E-state index in [-0.39, 0.29) is 23.8 Å². The lowest BCUT2D eigenvalue weighted by atomic mass is 10.1. The zero-order valence-electron chi connectivity index (χ0n) is 14.3. The third kappa shape index (κ3) is 4.17. The number of rotatable bonds is 7. The monoisotopic (exact) mass is 334 g/mol. The lowest BCUT2D eigenvalue weighted by Crippen LogP contribution is -2.43. The van der Waals surface area contributed by atoms with E-state index in [1.807, 2.05) is 24.0 Å². The fourth-order valence-electron chi connectivity index (χ4n) is 2.99. The van der Waals surface area contributed by atoms with Gasteiger partial charge in [0.05, 0.1) is 13.2 Å². The van der Waals surface area contributed by atoms with Crippen molar-refractivity contribution in [2.75, 3.05) is 26.3 Å². The number of carbonyl (C=O) groups excluding carboxylic acids is 2. The number of amides is 2. The van der Waals surface area contributed by atoms with E-state index < -0.39 is 0 Å². The Morgan fingerprint density at radius 3 is 2.88 bits per heavy atom. The first-order valence-electron chi connectivity index (χ1n) is 8.92. The maximum absolute atomic E-state index is 12.6. The van der Waals surface area contributed by atoms with Crippen LogP contribution in [0.1, 0.15) is 50.2 Å². The molecule has 0 spiro atoms. The second kappa shape index (κ2) is 7.83. The first kappa shape index (κ1) is 17.0. The zero-order valence-corrected chi connectivity index (χ0v) is 14.3. The van der Waals surface area contributed by atoms with Crippen LogP contribution in [0, 0.1) is 5.92 Å². The van der Waals surface area contributed by atoms with Crippen LogP contribution >= 0.6 is 0 Å². The molecule has 1 N–H and O–H groups in total. The van der Waals surface area contributed by atoms with E-state index in [2.05, 4.69) is 5.32 Å². The number of nitrogens with one attached hydrogen (secondary N) is 1. The summed E-state index contributed by atoms with van der Waals surface area (Å²) < 4.78 is 11.4. The Labute approximate surface area is 142 Å². The van der Waals surface area contributed by atoms with Gasteiger partial charge in [0.1, 0.15) is 17.6 Å². The van der Waals surface area contributed by atoms with Crippen LogP contribution in [0.2, 0.25) is 0 Å². The predicted molar refractivity (Wildman–Crippen MR) is 88.3 cm³/mol. The minimum atomic E-state index is -0.146. The van der Waals surface area contributed by atoms with Crippen molar-refractivity contribution in [3.8, 4) is 0 Å². The van der Waals surface area contributed by atoms with E-state index in [0.29, 0.717) is 39.1 Å². The summed E-state index contributed by atoms with van der Waals surface area (Å²) in [7, 11) is 0. The standard InChI is InChI=1S/C18H26N2O4/c1-2-14-7-8-16(24-14)15-12-23-11-10-20(15)17(21)4-3-9-19-18(22)13-5-6-13/h7-8,13,15H,2-6,9-12H2,1H3,(H,19,22)/t15-/m0/s1. The van der Waals surface area contributed by atoms with E-state index in [1.54, 1.807) is 0 Å². The normalized spacial score (nSPS) is 20.9. The molecule has 1 saturated carbocycles. The summed E-state index contributed by atoms with van der Waals surface area (Å²) in [5, 5.41) is 2.90. The number of morpholine rings is 1. The average Bonchev–Trinajstić information content (AvgIpc) is 3.36. The third-order valence-corrected chi connectivity index (χ3v) is 4.62. The Morgan fingerprint density at radius 1 is 1.33 bits per heavy atom. The van der Waals surface area contributed by atoms with Crippen LogP contribution in [0.4, 0.5) is 0 Å². The van der Waals surface area contributed by atoms with Crippen molar-refractivity contribution < 1.29 is 18.7 Å². The average molecular weight is 334 g/mol.